The average molecular weight is 230 g/mol. The van der Waals surface area contributed by atoms with Crippen molar-refractivity contribution in [3.8, 4) is 0 Å². The van der Waals surface area contributed by atoms with E-state index >= 15 is 0 Å². The molecule has 0 saturated heterocycles. The second kappa shape index (κ2) is 5.81. The van der Waals surface area contributed by atoms with Gasteiger partial charge in [-0.2, -0.15) is 0 Å². The Bertz CT molecular complexity index is 399. The summed E-state index contributed by atoms with van der Waals surface area (Å²) in [5.74, 6) is 1.04. The molecule has 0 bridgehead atoms. The van der Waals surface area contributed by atoms with Crippen LogP contribution in [0.4, 0.5) is 0 Å². The summed E-state index contributed by atoms with van der Waals surface area (Å²) < 4.78 is 0. The Hall–Kier alpha value is -1.37. The van der Waals surface area contributed by atoms with E-state index in [1.165, 1.54) is 16.7 Å². The number of hydrogen-bond acceptors (Lipinski definition) is 1. The molecule has 1 heteroatoms. The molecule has 0 saturated carbocycles. The van der Waals surface area contributed by atoms with Crippen LogP contribution in [0.2, 0.25) is 0 Å². The molecule has 17 heavy (non-hydrogen) atoms. The molecule has 0 aromatic heterocycles. The minimum atomic E-state index is 0.0956. The van der Waals surface area contributed by atoms with Gasteiger partial charge in [0.15, 0.2) is 5.78 Å². The van der Waals surface area contributed by atoms with Gasteiger partial charge in [0.1, 0.15) is 0 Å². The fourth-order valence-electron chi connectivity index (χ4n) is 2.00. The van der Waals surface area contributed by atoms with Crippen molar-refractivity contribution in [1.29, 1.82) is 0 Å². The summed E-state index contributed by atoms with van der Waals surface area (Å²) in [4.78, 5) is 11.1. The van der Waals surface area contributed by atoms with E-state index in [-0.39, 0.29) is 5.78 Å². The Morgan fingerprint density at radius 3 is 1.88 bits per heavy atom. The van der Waals surface area contributed by atoms with Crippen LogP contribution in [0, 0.1) is 0 Å². The first-order valence-corrected chi connectivity index (χ1v) is 6.25. The van der Waals surface area contributed by atoms with Crippen molar-refractivity contribution in [2.24, 2.45) is 0 Å². The predicted octanol–water partition coefficient (Wildman–Crippen LogP) is 4.54. The van der Waals surface area contributed by atoms with Gasteiger partial charge in [-0.3, -0.25) is 4.79 Å². The minimum Gasteiger partial charge on any atom is -0.295 e. The lowest BCUT2D eigenvalue weighted by Crippen LogP contribution is -1.99. The zero-order valence-electron chi connectivity index (χ0n) is 11.4. The van der Waals surface area contributed by atoms with Gasteiger partial charge in [-0.15, -0.1) is 0 Å². The summed E-state index contributed by atoms with van der Waals surface area (Å²) >= 11 is 0. The maximum absolute atomic E-state index is 11.1. The van der Waals surface area contributed by atoms with Crippen LogP contribution >= 0.6 is 0 Å². The van der Waals surface area contributed by atoms with Crippen LogP contribution in [0.5, 0.6) is 0 Å². The maximum Gasteiger partial charge on any atom is 0.152 e. The molecule has 0 atom stereocenters. The Kier molecular flexibility index (Phi) is 4.68. The number of hydrogen-bond donors (Lipinski definition) is 0. The Labute approximate surface area is 105 Å². The van der Waals surface area contributed by atoms with Crippen molar-refractivity contribution in [2.75, 3.05) is 0 Å². The molecule has 0 fully saturated rings. The molecular formula is C16H22O. The fraction of sp³-hybridized carbons (Fsp3) is 0.438. The normalized spacial score (nSPS) is 11.7. The number of rotatable bonds is 4. The quantitative estimate of drug-likeness (QED) is 0.694. The smallest absolute Gasteiger partial charge is 0.152 e. The van der Waals surface area contributed by atoms with E-state index in [0.717, 1.165) is 0 Å². The highest BCUT2D eigenvalue weighted by molar-refractivity contribution is 5.92. The first-order valence-electron chi connectivity index (χ1n) is 6.25. The molecule has 92 valence electrons. The van der Waals surface area contributed by atoms with Crippen molar-refractivity contribution in [3.05, 3.63) is 41.0 Å². The highest BCUT2D eigenvalue weighted by Gasteiger charge is 2.11. The second-order valence-electron chi connectivity index (χ2n) is 5.10. The van der Waals surface area contributed by atoms with Crippen LogP contribution in [0.15, 0.2) is 24.3 Å². The summed E-state index contributed by atoms with van der Waals surface area (Å²) in [6.45, 7) is 10.3. The van der Waals surface area contributed by atoms with Gasteiger partial charge in [0.2, 0.25) is 0 Å². The number of ketones is 1. The lowest BCUT2D eigenvalue weighted by Gasteiger charge is -2.16. The van der Waals surface area contributed by atoms with Gasteiger partial charge < -0.3 is 0 Å². The standard InChI is InChI=1S/C16H22O/c1-11(2)14-7-6-8-15(12(3)4)16(14)10-9-13(5)17/h6-12H,1-5H3/b10-9+. The third-order valence-corrected chi connectivity index (χ3v) is 2.90. The molecule has 1 nitrogen and oxygen atoms in total. The first-order chi connectivity index (χ1) is 7.93. The van der Waals surface area contributed by atoms with Crippen LogP contribution in [-0.2, 0) is 4.79 Å². The molecule has 0 unspecified atom stereocenters. The fourth-order valence-corrected chi connectivity index (χ4v) is 2.00. The zero-order chi connectivity index (χ0) is 13.0. The van der Waals surface area contributed by atoms with Gasteiger partial charge in [-0.05, 0) is 41.5 Å². The van der Waals surface area contributed by atoms with Gasteiger partial charge in [-0.25, -0.2) is 0 Å². The van der Waals surface area contributed by atoms with Gasteiger partial charge in [-0.1, -0.05) is 52.0 Å². The average Bonchev–Trinajstić information content (AvgIpc) is 2.25. The molecule has 0 N–H and O–H groups in total. The predicted molar refractivity (Wildman–Crippen MR) is 74.3 cm³/mol. The minimum absolute atomic E-state index is 0.0956. The van der Waals surface area contributed by atoms with Crippen LogP contribution in [0.1, 0.15) is 63.1 Å². The largest absolute Gasteiger partial charge is 0.295 e. The van der Waals surface area contributed by atoms with E-state index in [9.17, 15) is 4.79 Å². The molecule has 0 aliphatic carbocycles. The first kappa shape index (κ1) is 13.7. The van der Waals surface area contributed by atoms with Crippen LogP contribution in [0.25, 0.3) is 6.08 Å². The number of benzene rings is 1. The molecule has 0 aliphatic heterocycles. The third-order valence-electron chi connectivity index (χ3n) is 2.90. The Morgan fingerprint density at radius 1 is 1.06 bits per heavy atom. The summed E-state index contributed by atoms with van der Waals surface area (Å²) in [6, 6.07) is 6.41. The SMILES string of the molecule is CC(=O)/C=C/c1c(C(C)C)cccc1C(C)C. The van der Waals surface area contributed by atoms with Crippen molar-refractivity contribution < 1.29 is 4.79 Å². The molecule has 1 aromatic rings. The third kappa shape index (κ3) is 3.55. The molecule has 0 aliphatic rings. The number of carbonyl (C=O) groups is 1. The Morgan fingerprint density at radius 2 is 1.53 bits per heavy atom. The van der Waals surface area contributed by atoms with Crippen molar-refractivity contribution in [2.45, 2.75) is 46.5 Å². The second-order valence-corrected chi connectivity index (χ2v) is 5.10. The van der Waals surface area contributed by atoms with Crippen LogP contribution in [-0.4, -0.2) is 5.78 Å². The Balaban J connectivity index is 3.33. The molecule has 0 spiro atoms. The van der Waals surface area contributed by atoms with E-state index in [4.69, 9.17) is 0 Å². The lowest BCUT2D eigenvalue weighted by atomic mass is 9.88. The van der Waals surface area contributed by atoms with Gasteiger partial charge in [0.25, 0.3) is 0 Å². The van der Waals surface area contributed by atoms with E-state index < -0.39 is 0 Å². The number of allylic oxidation sites excluding steroid dienone is 1. The summed E-state index contributed by atoms with van der Waals surface area (Å²) in [7, 11) is 0. The van der Waals surface area contributed by atoms with Crippen molar-refractivity contribution in [3.63, 3.8) is 0 Å². The molecule has 0 amide bonds. The van der Waals surface area contributed by atoms with Crippen LogP contribution < -0.4 is 0 Å². The highest BCUT2D eigenvalue weighted by Crippen LogP contribution is 2.28. The van der Waals surface area contributed by atoms with Crippen LogP contribution in [0.3, 0.4) is 0 Å². The monoisotopic (exact) mass is 230 g/mol. The summed E-state index contributed by atoms with van der Waals surface area (Å²) in [6.07, 6.45) is 3.63. The zero-order valence-corrected chi connectivity index (χ0v) is 11.4. The van der Waals surface area contributed by atoms with Gasteiger partial charge in [0, 0.05) is 0 Å². The molecule has 0 radical (unpaired) electrons. The summed E-state index contributed by atoms with van der Waals surface area (Å²) in [5.41, 5.74) is 3.84. The van der Waals surface area contributed by atoms with Crippen molar-refractivity contribution >= 4 is 11.9 Å². The molecule has 1 aromatic carbocycles. The van der Waals surface area contributed by atoms with E-state index in [1.807, 2.05) is 6.08 Å². The highest BCUT2D eigenvalue weighted by atomic mass is 16.1. The molecule has 1 rings (SSSR count). The maximum atomic E-state index is 11.1. The number of carbonyl (C=O) groups excluding carboxylic acids is 1. The summed E-state index contributed by atoms with van der Waals surface area (Å²) in [5, 5.41) is 0. The molecule has 0 heterocycles. The topological polar surface area (TPSA) is 17.1 Å². The lowest BCUT2D eigenvalue weighted by molar-refractivity contribution is -0.112. The molecular weight excluding hydrogens is 208 g/mol. The van der Waals surface area contributed by atoms with Gasteiger partial charge >= 0.3 is 0 Å². The van der Waals surface area contributed by atoms with E-state index in [1.54, 1.807) is 13.0 Å². The van der Waals surface area contributed by atoms with Gasteiger partial charge in [0.05, 0.1) is 0 Å². The van der Waals surface area contributed by atoms with E-state index in [2.05, 4.69) is 45.9 Å². The van der Waals surface area contributed by atoms with E-state index in [0.29, 0.717) is 11.8 Å². The van der Waals surface area contributed by atoms with Crippen molar-refractivity contribution in [1.82, 2.24) is 0 Å².